The fourth-order valence-electron chi connectivity index (χ4n) is 14.1. The van der Waals surface area contributed by atoms with Crippen molar-refractivity contribution in [3.05, 3.63) is 24.3 Å². The van der Waals surface area contributed by atoms with Gasteiger partial charge in [0.1, 0.15) is 12.2 Å². The van der Waals surface area contributed by atoms with Gasteiger partial charge in [-0.25, -0.2) is 0 Å². The molecule has 4 rings (SSSR count). The number of allylic oxidation sites excluding steroid dienone is 4. The van der Waals surface area contributed by atoms with Gasteiger partial charge in [0.05, 0.1) is 0 Å². The Bertz CT molecular complexity index is 1400. The molecule has 10 atom stereocenters. The molecule has 0 unspecified atom stereocenters. The number of aliphatic carboxylic acids is 1. The summed E-state index contributed by atoms with van der Waals surface area (Å²) < 4.78 is 13.0. The second-order valence-electron chi connectivity index (χ2n) is 22.9. The van der Waals surface area contributed by atoms with Crippen molar-refractivity contribution in [2.75, 3.05) is 0 Å². The Labute approximate surface area is 406 Å². The van der Waals surface area contributed by atoms with Crippen LogP contribution in [0.15, 0.2) is 24.3 Å². The number of carbonyl (C=O) groups excluding carboxylic acids is 2. The van der Waals surface area contributed by atoms with Crippen molar-refractivity contribution in [2.24, 2.45) is 46.3 Å². The molecule has 0 bridgehead atoms. The molecule has 380 valence electrons. The first kappa shape index (κ1) is 56.5. The Morgan fingerprint density at radius 1 is 0.561 bits per heavy atom. The van der Waals surface area contributed by atoms with Crippen molar-refractivity contribution < 1.29 is 29.0 Å². The molecule has 0 heterocycles. The zero-order valence-corrected chi connectivity index (χ0v) is 43.8. The van der Waals surface area contributed by atoms with Crippen LogP contribution in [0.2, 0.25) is 0 Å². The second kappa shape index (κ2) is 31.9. The lowest BCUT2D eigenvalue weighted by molar-refractivity contribution is -0.199. The zero-order valence-electron chi connectivity index (χ0n) is 43.8. The summed E-state index contributed by atoms with van der Waals surface area (Å²) >= 11 is 0. The van der Waals surface area contributed by atoms with Crippen LogP contribution in [-0.2, 0) is 23.9 Å². The normalized spacial score (nSPS) is 28.8. The molecule has 0 radical (unpaired) electrons. The van der Waals surface area contributed by atoms with Gasteiger partial charge < -0.3 is 14.6 Å². The van der Waals surface area contributed by atoms with Gasteiger partial charge >= 0.3 is 17.9 Å². The Morgan fingerprint density at radius 3 is 1.56 bits per heavy atom. The van der Waals surface area contributed by atoms with E-state index in [0.29, 0.717) is 48.9 Å². The molecule has 4 fully saturated rings. The number of carbonyl (C=O) groups is 3. The highest BCUT2D eigenvalue weighted by molar-refractivity contribution is 5.70. The maximum atomic E-state index is 13.8. The molecule has 6 nitrogen and oxygen atoms in total. The first-order chi connectivity index (χ1) is 32.0. The topological polar surface area (TPSA) is 89.9 Å². The molecule has 0 aromatic heterocycles. The lowest BCUT2D eigenvalue weighted by atomic mass is 9.43. The van der Waals surface area contributed by atoms with Gasteiger partial charge in [0.25, 0.3) is 0 Å². The monoisotopic (exact) mass is 921 g/mol. The SMILES string of the molecule is CCCCCCCCC=CCCCCCCCC(=O)O[C@@H]1CC[C@@]2(C)[C@H](CC[C@@H]3[C@@H]2C[C@H](OC(=O)CCCCCCCC=CCCCCCCCC)[C@]2(C)[C@@H]([C@H](C)CCC(=O)O)CC[C@@H]32)C1. The van der Waals surface area contributed by atoms with Crippen LogP contribution in [0.4, 0.5) is 0 Å². The second-order valence-corrected chi connectivity index (χ2v) is 22.9. The van der Waals surface area contributed by atoms with E-state index in [4.69, 9.17) is 9.47 Å². The minimum absolute atomic E-state index is 0.00409. The first-order valence-electron chi connectivity index (χ1n) is 28.9. The maximum absolute atomic E-state index is 13.8. The predicted octanol–water partition coefficient (Wildman–Crippen LogP) is 17.7. The fourth-order valence-corrected chi connectivity index (χ4v) is 14.1. The number of esters is 2. The number of rotatable bonds is 36. The third kappa shape index (κ3) is 18.7. The van der Waals surface area contributed by atoms with Crippen LogP contribution < -0.4 is 0 Å². The van der Waals surface area contributed by atoms with Crippen molar-refractivity contribution >= 4 is 17.9 Å². The van der Waals surface area contributed by atoms with Gasteiger partial charge in [-0.1, -0.05) is 162 Å². The Kier molecular flexibility index (Phi) is 27.3. The van der Waals surface area contributed by atoms with Crippen molar-refractivity contribution in [1.29, 1.82) is 0 Å². The molecule has 0 aliphatic heterocycles. The molecule has 0 spiro atoms. The Morgan fingerprint density at radius 2 is 1.05 bits per heavy atom. The van der Waals surface area contributed by atoms with E-state index in [2.05, 4.69) is 58.9 Å². The number of carboxylic acids is 1. The van der Waals surface area contributed by atoms with Crippen LogP contribution in [0.25, 0.3) is 0 Å². The molecular formula is C60H104O6. The molecule has 4 aliphatic carbocycles. The van der Waals surface area contributed by atoms with Crippen molar-refractivity contribution in [1.82, 2.24) is 0 Å². The molecule has 0 saturated heterocycles. The highest BCUT2D eigenvalue weighted by atomic mass is 16.5. The fraction of sp³-hybridized carbons (Fsp3) is 0.883. The van der Waals surface area contributed by atoms with Gasteiger partial charge in [-0.2, -0.15) is 0 Å². The molecule has 0 aromatic carbocycles. The van der Waals surface area contributed by atoms with E-state index in [1.54, 1.807) is 0 Å². The molecule has 6 heteroatoms. The van der Waals surface area contributed by atoms with Gasteiger partial charge in [-0.3, -0.25) is 14.4 Å². The smallest absolute Gasteiger partial charge is 0.306 e. The largest absolute Gasteiger partial charge is 0.481 e. The molecule has 1 N–H and O–H groups in total. The quantitative estimate of drug-likeness (QED) is 0.0382. The van der Waals surface area contributed by atoms with E-state index in [1.165, 1.54) is 148 Å². The summed E-state index contributed by atoms with van der Waals surface area (Å²) in [6.07, 6.45) is 52.2. The van der Waals surface area contributed by atoms with Crippen LogP contribution in [0, 0.1) is 46.3 Å². The summed E-state index contributed by atoms with van der Waals surface area (Å²) in [6.45, 7) is 11.8. The third-order valence-corrected chi connectivity index (χ3v) is 18.1. The predicted molar refractivity (Wildman–Crippen MR) is 275 cm³/mol. The third-order valence-electron chi connectivity index (χ3n) is 18.1. The average Bonchev–Trinajstić information content (AvgIpc) is 3.66. The van der Waals surface area contributed by atoms with Crippen LogP contribution in [-0.4, -0.2) is 35.2 Å². The Hall–Kier alpha value is -2.11. The van der Waals surface area contributed by atoms with Gasteiger partial charge in [-0.05, 0) is 163 Å². The molecule has 66 heavy (non-hydrogen) atoms. The van der Waals surface area contributed by atoms with E-state index >= 15 is 0 Å². The van der Waals surface area contributed by atoms with Crippen molar-refractivity contribution in [2.45, 2.75) is 291 Å². The minimum atomic E-state index is -0.719. The summed E-state index contributed by atoms with van der Waals surface area (Å²) in [4.78, 5) is 38.6. The zero-order chi connectivity index (χ0) is 47.5. The van der Waals surface area contributed by atoms with E-state index in [0.717, 1.165) is 70.6 Å². The van der Waals surface area contributed by atoms with E-state index in [-0.39, 0.29) is 47.3 Å². The van der Waals surface area contributed by atoms with E-state index in [1.807, 2.05) is 0 Å². The van der Waals surface area contributed by atoms with Crippen molar-refractivity contribution in [3.8, 4) is 0 Å². The van der Waals surface area contributed by atoms with Crippen LogP contribution in [0.3, 0.4) is 0 Å². The molecule has 0 aromatic rings. The summed E-state index contributed by atoms with van der Waals surface area (Å²) in [5, 5.41) is 9.59. The van der Waals surface area contributed by atoms with Crippen LogP contribution in [0.1, 0.15) is 279 Å². The van der Waals surface area contributed by atoms with Gasteiger partial charge in [0.15, 0.2) is 0 Å². The van der Waals surface area contributed by atoms with Crippen LogP contribution in [0.5, 0.6) is 0 Å². The number of fused-ring (bicyclic) bond motifs is 5. The number of ether oxygens (including phenoxy) is 2. The van der Waals surface area contributed by atoms with Crippen LogP contribution >= 0.6 is 0 Å². The molecule has 0 amide bonds. The Balaban J connectivity index is 1.21. The maximum Gasteiger partial charge on any atom is 0.306 e. The number of hydrogen-bond donors (Lipinski definition) is 1. The summed E-state index contributed by atoms with van der Waals surface area (Å²) in [7, 11) is 0. The number of hydrogen-bond acceptors (Lipinski definition) is 5. The summed E-state index contributed by atoms with van der Waals surface area (Å²) in [5.41, 5.74) is 0.0228. The molecular weight excluding hydrogens is 817 g/mol. The first-order valence-corrected chi connectivity index (χ1v) is 28.9. The summed E-state index contributed by atoms with van der Waals surface area (Å²) in [6, 6.07) is 0. The molecule has 4 aliphatic rings. The number of carboxylic acid groups (broad SMARTS) is 1. The number of unbranched alkanes of at least 4 members (excludes halogenated alkanes) is 22. The average molecular weight is 921 g/mol. The van der Waals surface area contributed by atoms with Gasteiger partial charge in [0.2, 0.25) is 0 Å². The highest BCUT2D eigenvalue weighted by Gasteiger charge is 2.65. The van der Waals surface area contributed by atoms with E-state index in [9.17, 15) is 19.5 Å². The van der Waals surface area contributed by atoms with Gasteiger partial charge in [0, 0.05) is 24.7 Å². The lowest BCUT2D eigenvalue weighted by Crippen LogP contribution is -2.59. The van der Waals surface area contributed by atoms with E-state index < -0.39 is 5.97 Å². The highest BCUT2D eigenvalue weighted by Crippen LogP contribution is 2.69. The standard InChI is InChI=1S/C60H104O6/c1-6-8-10-12-14-16-18-20-22-24-26-28-30-32-34-36-57(63)65-50-44-45-59(4)49(46-50)39-40-51-53-42-41-52(48(3)38-43-56(61)62)60(53,5)55(47-54(51)59)66-58(64)37-35-33-31-29-27-25-23-21-19-17-15-13-11-9-7-2/h20-23,48-55H,6-19,24-47H2,1-5H3,(H,61,62)/t48-,49-,50-,51+,52-,53+,54+,55+,59+,60-/m1/s1. The van der Waals surface area contributed by atoms with Gasteiger partial charge in [-0.15, -0.1) is 0 Å². The molecule has 4 saturated carbocycles. The van der Waals surface area contributed by atoms with Crippen molar-refractivity contribution in [3.63, 3.8) is 0 Å². The minimum Gasteiger partial charge on any atom is -0.481 e. The lowest BCUT2D eigenvalue weighted by Gasteiger charge is -2.62. The summed E-state index contributed by atoms with van der Waals surface area (Å²) in [5.74, 6) is 2.00.